The largest absolute Gasteiger partial charge is 0.478 e. The molecule has 1 N–H and O–H groups in total. The maximum absolute atomic E-state index is 11.5. The number of para-hydroxylation sites is 1. The molecule has 2 rings (SSSR count). The highest BCUT2D eigenvalue weighted by atomic mass is 35.5. The second kappa shape index (κ2) is 3.68. The molecule has 1 amide bonds. The molecule has 0 aliphatic carbocycles. The number of hydrogen-bond acceptors (Lipinski definition) is 3. The number of carboxylic acid groups (broad SMARTS) is 1. The van der Waals surface area contributed by atoms with Crippen LogP contribution in [0, 0.1) is 0 Å². The Morgan fingerprint density at radius 3 is 2.88 bits per heavy atom. The smallest absolute Gasteiger partial charge is 0.339 e. The Hall–Kier alpha value is -1.75. The van der Waals surface area contributed by atoms with Gasteiger partial charge in [0.05, 0.1) is 5.69 Å². The van der Waals surface area contributed by atoms with Gasteiger partial charge in [-0.2, -0.15) is 0 Å². The van der Waals surface area contributed by atoms with Crippen LogP contribution in [0.15, 0.2) is 18.2 Å². The van der Waals surface area contributed by atoms with Gasteiger partial charge in [0.1, 0.15) is 5.56 Å². The van der Waals surface area contributed by atoms with Gasteiger partial charge < -0.3 is 14.7 Å². The van der Waals surface area contributed by atoms with Crippen molar-refractivity contribution >= 4 is 29.2 Å². The molecular formula is C10H8ClNO4. The van der Waals surface area contributed by atoms with Crippen LogP contribution in [0.2, 0.25) is 0 Å². The Balaban J connectivity index is 2.60. The summed E-state index contributed by atoms with van der Waals surface area (Å²) in [6, 6.07) is 4.54. The van der Waals surface area contributed by atoms with E-state index in [1.807, 2.05) is 0 Å². The van der Waals surface area contributed by atoms with E-state index < -0.39 is 17.4 Å². The fourth-order valence-corrected chi connectivity index (χ4v) is 1.74. The molecule has 1 aliphatic rings. The first kappa shape index (κ1) is 10.8. The number of aromatic carboxylic acids is 1. The minimum atomic E-state index is -1.18. The van der Waals surface area contributed by atoms with Crippen molar-refractivity contribution in [2.45, 2.75) is 5.56 Å². The third-order valence-electron chi connectivity index (χ3n) is 2.33. The highest BCUT2D eigenvalue weighted by molar-refractivity contribution is 6.32. The predicted molar refractivity (Wildman–Crippen MR) is 57.1 cm³/mol. The number of likely N-dealkylation sites (N-methyl/N-ethyl adjacent to an activating group) is 1. The van der Waals surface area contributed by atoms with Gasteiger partial charge in [0.25, 0.3) is 11.5 Å². The van der Waals surface area contributed by atoms with Crippen LogP contribution >= 0.6 is 11.6 Å². The summed E-state index contributed by atoms with van der Waals surface area (Å²) in [5.41, 5.74) is -0.790. The number of hydrogen-bond donors (Lipinski definition) is 1. The van der Waals surface area contributed by atoms with Gasteiger partial charge >= 0.3 is 5.97 Å². The topological polar surface area (TPSA) is 66.8 Å². The molecule has 0 saturated carbocycles. The average molecular weight is 242 g/mol. The lowest BCUT2D eigenvalue weighted by molar-refractivity contribution is -0.122. The molecule has 0 spiro atoms. The van der Waals surface area contributed by atoms with Crippen molar-refractivity contribution in [2.75, 3.05) is 11.9 Å². The van der Waals surface area contributed by atoms with E-state index in [0.29, 0.717) is 5.69 Å². The zero-order valence-electron chi connectivity index (χ0n) is 8.31. The molecule has 0 aromatic heterocycles. The molecule has 5 nitrogen and oxygen atoms in total. The van der Waals surface area contributed by atoms with Crippen LogP contribution in [-0.2, 0) is 4.79 Å². The van der Waals surface area contributed by atoms with Gasteiger partial charge in [-0.05, 0) is 12.1 Å². The van der Waals surface area contributed by atoms with Crippen molar-refractivity contribution in [1.29, 1.82) is 0 Å². The van der Waals surface area contributed by atoms with Crippen molar-refractivity contribution in [2.24, 2.45) is 0 Å². The highest BCUT2D eigenvalue weighted by Gasteiger charge is 2.33. The first-order chi connectivity index (χ1) is 7.52. The van der Waals surface area contributed by atoms with E-state index in [2.05, 4.69) is 0 Å². The fraction of sp³-hybridized carbons (Fsp3) is 0.200. The summed E-state index contributed by atoms with van der Waals surface area (Å²) < 4.78 is 5.10. The van der Waals surface area contributed by atoms with E-state index in [1.54, 1.807) is 12.1 Å². The number of carboxylic acids is 1. The van der Waals surface area contributed by atoms with Crippen molar-refractivity contribution in [1.82, 2.24) is 0 Å². The van der Waals surface area contributed by atoms with Gasteiger partial charge in [-0.15, -0.1) is 0 Å². The van der Waals surface area contributed by atoms with E-state index in [0.717, 1.165) is 0 Å². The molecule has 84 valence electrons. The molecule has 16 heavy (non-hydrogen) atoms. The van der Waals surface area contributed by atoms with E-state index in [9.17, 15) is 9.59 Å². The van der Waals surface area contributed by atoms with E-state index >= 15 is 0 Å². The number of amides is 1. The number of alkyl halides is 1. The summed E-state index contributed by atoms with van der Waals surface area (Å²) in [4.78, 5) is 23.7. The first-order valence-electron chi connectivity index (χ1n) is 4.47. The lowest BCUT2D eigenvalue weighted by Gasteiger charge is -2.29. The summed E-state index contributed by atoms with van der Waals surface area (Å²) in [6.07, 6.45) is 0. The number of carbonyl (C=O) groups is 2. The highest BCUT2D eigenvalue weighted by Crippen LogP contribution is 2.36. The summed E-state index contributed by atoms with van der Waals surface area (Å²) in [5, 5.41) is 8.95. The molecule has 0 bridgehead atoms. The minimum Gasteiger partial charge on any atom is -0.478 e. The standard InChI is InChI=1S/C10H8ClNO4/c1-12-6-4-2-3-5(10(14)15)7(6)16-8(11)9(12)13/h2-4,8H,1H3,(H,14,15). The van der Waals surface area contributed by atoms with Gasteiger partial charge in [-0.1, -0.05) is 17.7 Å². The maximum Gasteiger partial charge on any atom is 0.339 e. The van der Waals surface area contributed by atoms with Gasteiger partial charge in [-0.3, -0.25) is 4.79 Å². The van der Waals surface area contributed by atoms with Gasteiger partial charge in [0.15, 0.2) is 5.75 Å². The van der Waals surface area contributed by atoms with Crippen LogP contribution in [0.4, 0.5) is 5.69 Å². The van der Waals surface area contributed by atoms with E-state index in [-0.39, 0.29) is 11.3 Å². The Bertz CT molecular complexity index is 474. The number of rotatable bonds is 1. The van der Waals surface area contributed by atoms with E-state index in [4.69, 9.17) is 21.4 Å². The number of anilines is 1. The van der Waals surface area contributed by atoms with Crippen LogP contribution in [-0.4, -0.2) is 29.6 Å². The molecule has 0 radical (unpaired) electrons. The summed E-state index contributed by atoms with van der Waals surface area (Å²) in [5.74, 6) is -1.42. The molecule has 1 heterocycles. The van der Waals surface area contributed by atoms with Crippen molar-refractivity contribution in [3.05, 3.63) is 23.8 Å². The molecule has 1 atom stereocenters. The lowest BCUT2D eigenvalue weighted by Crippen LogP contribution is -2.41. The van der Waals surface area contributed by atoms with Crippen LogP contribution < -0.4 is 9.64 Å². The Kier molecular flexibility index (Phi) is 2.47. The lowest BCUT2D eigenvalue weighted by atomic mass is 10.1. The predicted octanol–water partition coefficient (Wildman–Crippen LogP) is 1.30. The normalized spacial score (nSPS) is 19.0. The number of nitrogens with zero attached hydrogens (tertiary/aromatic N) is 1. The summed E-state index contributed by atoms with van der Waals surface area (Å²) in [6.45, 7) is 0. The minimum absolute atomic E-state index is 0.0116. The maximum atomic E-state index is 11.5. The van der Waals surface area contributed by atoms with Crippen LogP contribution in [0.3, 0.4) is 0 Å². The zero-order valence-corrected chi connectivity index (χ0v) is 9.06. The van der Waals surface area contributed by atoms with Crippen LogP contribution in [0.1, 0.15) is 10.4 Å². The SMILES string of the molecule is CN1C(=O)C(Cl)Oc2c(C(=O)O)cccc21. The number of carbonyl (C=O) groups excluding carboxylic acids is 1. The number of benzene rings is 1. The zero-order chi connectivity index (χ0) is 11.9. The van der Waals surface area contributed by atoms with Crippen molar-refractivity contribution in [3.8, 4) is 5.75 Å². The third kappa shape index (κ3) is 1.49. The first-order valence-corrected chi connectivity index (χ1v) is 4.90. The summed E-state index contributed by atoms with van der Waals surface area (Å²) >= 11 is 5.66. The molecule has 1 aliphatic heterocycles. The molecule has 0 fully saturated rings. The Morgan fingerprint density at radius 1 is 1.56 bits per heavy atom. The number of ether oxygens (including phenoxy) is 1. The van der Waals surface area contributed by atoms with Gasteiger partial charge in [0.2, 0.25) is 0 Å². The molecule has 6 heteroatoms. The monoisotopic (exact) mass is 241 g/mol. The van der Waals surface area contributed by atoms with Gasteiger partial charge in [0, 0.05) is 7.05 Å². The van der Waals surface area contributed by atoms with Crippen LogP contribution in [0.5, 0.6) is 5.75 Å². The summed E-state index contributed by atoms with van der Waals surface area (Å²) in [7, 11) is 1.52. The Morgan fingerprint density at radius 2 is 2.25 bits per heavy atom. The fourth-order valence-electron chi connectivity index (χ4n) is 1.51. The van der Waals surface area contributed by atoms with Crippen LogP contribution in [0.25, 0.3) is 0 Å². The molecular weight excluding hydrogens is 234 g/mol. The number of fused-ring (bicyclic) bond motifs is 1. The van der Waals surface area contributed by atoms with Gasteiger partial charge in [-0.25, -0.2) is 4.79 Å². The van der Waals surface area contributed by atoms with Crippen molar-refractivity contribution in [3.63, 3.8) is 0 Å². The second-order valence-corrected chi connectivity index (χ2v) is 3.69. The molecule has 1 aromatic carbocycles. The second-order valence-electron chi connectivity index (χ2n) is 3.29. The molecule has 1 aromatic rings. The van der Waals surface area contributed by atoms with Crippen molar-refractivity contribution < 1.29 is 19.4 Å². The molecule has 1 unspecified atom stereocenters. The number of halogens is 1. The van der Waals surface area contributed by atoms with E-state index in [1.165, 1.54) is 18.0 Å². The average Bonchev–Trinajstić information content (AvgIpc) is 2.25. The quantitative estimate of drug-likeness (QED) is 0.753. The Labute approximate surface area is 96.2 Å². The third-order valence-corrected chi connectivity index (χ3v) is 2.61. The molecule has 0 saturated heterocycles.